The van der Waals surface area contributed by atoms with Crippen molar-refractivity contribution in [3.8, 4) is 5.75 Å². The molecule has 0 radical (unpaired) electrons. The highest BCUT2D eigenvalue weighted by molar-refractivity contribution is 7.23. The van der Waals surface area contributed by atoms with Crippen molar-refractivity contribution in [2.24, 2.45) is 0 Å². The van der Waals surface area contributed by atoms with Crippen LogP contribution in [-0.2, 0) is 13.2 Å². The number of likely N-dealkylation sites (tertiary alicyclic amines) is 1. The Morgan fingerprint density at radius 1 is 1.03 bits per heavy atom. The molecule has 0 amide bonds. The van der Waals surface area contributed by atoms with Crippen molar-refractivity contribution >= 4 is 43.8 Å². The van der Waals surface area contributed by atoms with Gasteiger partial charge in [0, 0.05) is 41.3 Å². The van der Waals surface area contributed by atoms with E-state index in [0.29, 0.717) is 22.8 Å². The first-order valence-electron chi connectivity index (χ1n) is 12.0. The third-order valence-electron chi connectivity index (χ3n) is 6.43. The zero-order valence-electron chi connectivity index (χ0n) is 20.1. The summed E-state index contributed by atoms with van der Waals surface area (Å²) < 4.78 is 7.05. The van der Waals surface area contributed by atoms with Gasteiger partial charge in [-0.1, -0.05) is 54.1 Å². The highest BCUT2D eigenvalue weighted by atomic mass is 35.5. The van der Waals surface area contributed by atoms with Gasteiger partial charge in [-0.2, -0.15) is 0 Å². The Morgan fingerprint density at radius 3 is 2.51 bits per heavy atom. The number of halogens is 1. The summed E-state index contributed by atoms with van der Waals surface area (Å²) >= 11 is 8.24. The van der Waals surface area contributed by atoms with Gasteiger partial charge in [-0.3, -0.25) is 9.69 Å². The summed E-state index contributed by atoms with van der Waals surface area (Å²) in [6, 6.07) is 21.8. The van der Waals surface area contributed by atoms with Gasteiger partial charge in [-0.15, -0.1) is 11.3 Å². The van der Waals surface area contributed by atoms with E-state index < -0.39 is 0 Å². The zero-order chi connectivity index (χ0) is 24.4. The summed E-state index contributed by atoms with van der Waals surface area (Å²) in [5, 5.41) is 2.53. The number of ketones is 1. The van der Waals surface area contributed by atoms with Crippen molar-refractivity contribution in [2.75, 3.05) is 32.1 Å². The van der Waals surface area contributed by atoms with Crippen molar-refractivity contribution < 1.29 is 9.53 Å². The van der Waals surface area contributed by atoms with Gasteiger partial charge in [0.1, 0.15) is 17.4 Å². The molecule has 0 atom stereocenters. The van der Waals surface area contributed by atoms with E-state index >= 15 is 0 Å². The number of hydrogen-bond acceptors (Lipinski definition) is 5. The first-order valence-corrected chi connectivity index (χ1v) is 13.1. The highest BCUT2D eigenvalue weighted by Gasteiger charge is 2.23. The molecule has 1 aliphatic rings. The second-order valence-electron chi connectivity index (χ2n) is 9.23. The van der Waals surface area contributed by atoms with Crippen LogP contribution in [0.25, 0.3) is 10.1 Å². The lowest BCUT2D eigenvalue weighted by Crippen LogP contribution is -2.18. The number of rotatable bonds is 8. The molecule has 1 aliphatic heterocycles. The fraction of sp³-hybridized carbons (Fsp3) is 0.276. The molecular formula is C29H29ClN2O2S. The van der Waals surface area contributed by atoms with Crippen molar-refractivity contribution in [3.05, 3.63) is 94.0 Å². The van der Waals surface area contributed by atoms with E-state index in [-0.39, 0.29) is 5.78 Å². The third kappa shape index (κ3) is 5.22. The van der Waals surface area contributed by atoms with E-state index in [1.807, 2.05) is 85.7 Å². The van der Waals surface area contributed by atoms with Crippen molar-refractivity contribution in [1.82, 2.24) is 4.90 Å². The minimum absolute atomic E-state index is 0.00692. The van der Waals surface area contributed by atoms with Crippen molar-refractivity contribution in [2.45, 2.75) is 26.0 Å². The first kappa shape index (κ1) is 23.9. The van der Waals surface area contributed by atoms with E-state index in [0.717, 1.165) is 51.6 Å². The molecule has 4 aromatic rings. The van der Waals surface area contributed by atoms with Crippen LogP contribution in [0.3, 0.4) is 0 Å². The summed E-state index contributed by atoms with van der Waals surface area (Å²) in [6.45, 7) is 3.57. The fourth-order valence-corrected chi connectivity index (χ4v) is 5.96. The lowest BCUT2D eigenvalue weighted by molar-refractivity contribution is 0.104. The zero-order valence-corrected chi connectivity index (χ0v) is 21.7. The molecule has 180 valence electrons. The Labute approximate surface area is 215 Å². The maximum Gasteiger partial charge on any atom is 0.196 e. The maximum absolute atomic E-state index is 13.7. The molecule has 5 rings (SSSR count). The standard InChI is InChI=1S/C29H29ClN2O2S/c1-31(2)29-27(28(33)21-10-11-22(25(30)16-21)18-32-14-6-7-15-32)24-13-12-23(17-26(24)35-29)34-19-20-8-4-3-5-9-20/h3-5,8-13,16-17H,6-7,14-15,18-19H2,1-2H3. The topological polar surface area (TPSA) is 32.8 Å². The smallest absolute Gasteiger partial charge is 0.196 e. The Bertz CT molecular complexity index is 1340. The van der Waals surface area contributed by atoms with E-state index in [1.54, 1.807) is 11.3 Å². The average Bonchev–Trinajstić information content (AvgIpc) is 3.52. The van der Waals surface area contributed by atoms with Gasteiger partial charge < -0.3 is 9.64 Å². The quantitative estimate of drug-likeness (QED) is 0.241. The number of fused-ring (bicyclic) bond motifs is 1. The summed E-state index contributed by atoms with van der Waals surface area (Å²) in [5.41, 5.74) is 3.53. The van der Waals surface area contributed by atoms with Crippen LogP contribution in [0.1, 0.15) is 39.9 Å². The van der Waals surface area contributed by atoms with Crippen LogP contribution in [0.4, 0.5) is 5.00 Å². The molecule has 0 saturated carbocycles. The monoisotopic (exact) mass is 504 g/mol. The Morgan fingerprint density at radius 2 is 1.80 bits per heavy atom. The molecule has 6 heteroatoms. The molecule has 3 aromatic carbocycles. The van der Waals surface area contributed by atoms with E-state index in [1.165, 1.54) is 12.8 Å². The Hall–Kier alpha value is -2.86. The number of ether oxygens (including phenoxy) is 1. The summed E-state index contributed by atoms with van der Waals surface area (Å²) in [5.74, 6) is 0.786. The molecule has 0 unspecified atom stereocenters. The molecule has 0 spiro atoms. The fourth-order valence-electron chi connectivity index (χ4n) is 4.57. The highest BCUT2D eigenvalue weighted by Crippen LogP contribution is 2.40. The molecular weight excluding hydrogens is 476 g/mol. The van der Waals surface area contributed by atoms with Gasteiger partial charge in [0.25, 0.3) is 0 Å². The summed E-state index contributed by atoms with van der Waals surface area (Å²) in [6.07, 6.45) is 2.48. The van der Waals surface area contributed by atoms with Gasteiger partial charge >= 0.3 is 0 Å². The average molecular weight is 505 g/mol. The Balaban J connectivity index is 1.42. The minimum atomic E-state index is -0.00692. The first-order chi connectivity index (χ1) is 17.0. The molecule has 0 N–H and O–H groups in total. The summed E-state index contributed by atoms with van der Waals surface area (Å²) in [7, 11) is 3.95. The number of anilines is 1. The van der Waals surface area contributed by atoms with Crippen LogP contribution >= 0.6 is 22.9 Å². The molecule has 1 saturated heterocycles. The SMILES string of the molecule is CN(C)c1sc2cc(OCc3ccccc3)ccc2c1C(=O)c1ccc(CN2CCCC2)c(Cl)c1. The van der Waals surface area contributed by atoms with Gasteiger partial charge in [-0.05, 0) is 61.3 Å². The van der Waals surface area contributed by atoms with Crippen LogP contribution in [0.15, 0.2) is 66.7 Å². The molecule has 1 aromatic heterocycles. The van der Waals surface area contributed by atoms with Crippen molar-refractivity contribution in [1.29, 1.82) is 0 Å². The minimum Gasteiger partial charge on any atom is -0.489 e. The van der Waals surface area contributed by atoms with Gasteiger partial charge in [-0.25, -0.2) is 0 Å². The number of thiophene rings is 1. The summed E-state index contributed by atoms with van der Waals surface area (Å²) in [4.78, 5) is 18.1. The van der Waals surface area contributed by atoms with E-state index in [4.69, 9.17) is 16.3 Å². The normalized spacial score (nSPS) is 13.9. The predicted octanol–water partition coefficient (Wildman–Crippen LogP) is 7.03. The largest absolute Gasteiger partial charge is 0.489 e. The van der Waals surface area contributed by atoms with Crippen LogP contribution in [0.5, 0.6) is 5.75 Å². The second-order valence-corrected chi connectivity index (χ2v) is 10.7. The third-order valence-corrected chi connectivity index (χ3v) is 8.10. The molecule has 0 bridgehead atoms. The van der Waals surface area contributed by atoms with Crippen molar-refractivity contribution in [3.63, 3.8) is 0 Å². The molecule has 0 aliphatic carbocycles. The Kier molecular flexibility index (Phi) is 7.09. The molecule has 2 heterocycles. The molecule has 1 fully saturated rings. The lowest BCUT2D eigenvalue weighted by Gasteiger charge is -2.16. The lowest BCUT2D eigenvalue weighted by atomic mass is 10.00. The number of carbonyl (C=O) groups is 1. The van der Waals surface area contributed by atoms with Crippen LogP contribution in [-0.4, -0.2) is 37.9 Å². The van der Waals surface area contributed by atoms with Gasteiger partial charge in [0.05, 0.1) is 5.56 Å². The maximum atomic E-state index is 13.7. The second kappa shape index (κ2) is 10.4. The van der Waals surface area contributed by atoms with Gasteiger partial charge in [0.15, 0.2) is 5.78 Å². The van der Waals surface area contributed by atoms with E-state index in [2.05, 4.69) is 4.90 Å². The van der Waals surface area contributed by atoms with Gasteiger partial charge in [0.2, 0.25) is 0 Å². The molecule has 4 nitrogen and oxygen atoms in total. The number of nitrogens with zero attached hydrogens (tertiary/aromatic N) is 2. The predicted molar refractivity (Wildman–Crippen MR) is 146 cm³/mol. The van der Waals surface area contributed by atoms with Crippen LogP contribution < -0.4 is 9.64 Å². The number of benzene rings is 3. The van der Waals surface area contributed by atoms with Crippen LogP contribution in [0.2, 0.25) is 5.02 Å². The van der Waals surface area contributed by atoms with E-state index in [9.17, 15) is 4.79 Å². The number of carbonyl (C=O) groups excluding carboxylic acids is 1. The van der Waals surface area contributed by atoms with Crippen LogP contribution in [0, 0.1) is 0 Å². The molecule has 35 heavy (non-hydrogen) atoms. The number of hydrogen-bond donors (Lipinski definition) is 0.